The number of unbranched alkanes of at least 4 members (excludes halogenated alkanes) is 2. The second-order valence-electron chi connectivity index (χ2n) is 16.1. The molecule has 0 saturated carbocycles. The third kappa shape index (κ3) is 19.8. The fourth-order valence-corrected chi connectivity index (χ4v) is 8.41. The number of carbonyl (C=O) groups is 10. The van der Waals surface area contributed by atoms with E-state index in [1.165, 1.54) is 5.48 Å². The summed E-state index contributed by atoms with van der Waals surface area (Å²) in [6.45, 7) is 6.13. The number of rotatable bonds is 29. The van der Waals surface area contributed by atoms with E-state index >= 15 is 0 Å². The Hall–Kier alpha value is -5.19. The van der Waals surface area contributed by atoms with Crippen molar-refractivity contribution in [1.29, 1.82) is 0 Å². The summed E-state index contributed by atoms with van der Waals surface area (Å²) < 4.78 is 0. The quantitative estimate of drug-likeness (QED) is 0.0163. The molecule has 22 nitrogen and oxygen atoms in total. The van der Waals surface area contributed by atoms with Crippen LogP contribution in [0.1, 0.15) is 98.3 Å². The van der Waals surface area contributed by atoms with E-state index in [0.29, 0.717) is 31.1 Å². The van der Waals surface area contributed by atoms with Crippen LogP contribution >= 0.6 is 11.8 Å². The van der Waals surface area contributed by atoms with E-state index < -0.39 is 90.3 Å². The summed E-state index contributed by atoms with van der Waals surface area (Å²) in [5, 5.41) is 30.2. The zero-order valence-corrected chi connectivity index (χ0v) is 36.2. The van der Waals surface area contributed by atoms with Gasteiger partial charge in [0.1, 0.15) is 18.1 Å². The largest absolute Gasteiger partial charge is 0.370 e. The van der Waals surface area contributed by atoms with Crippen molar-refractivity contribution in [2.24, 2.45) is 29.2 Å². The molecule has 1 unspecified atom stereocenters. The lowest BCUT2D eigenvalue weighted by Crippen LogP contribution is -2.57. The maximum atomic E-state index is 13.4. The molecule has 0 aromatic heterocycles. The number of thioether (sulfide) groups is 1. The molecule has 344 valence electrons. The van der Waals surface area contributed by atoms with Crippen LogP contribution in [0.15, 0.2) is 0 Å². The zero-order chi connectivity index (χ0) is 45.6. The summed E-state index contributed by atoms with van der Waals surface area (Å²) in [5.41, 5.74) is 12.2. The van der Waals surface area contributed by atoms with Gasteiger partial charge in [-0.2, -0.15) is 11.8 Å². The van der Waals surface area contributed by atoms with Crippen molar-refractivity contribution >= 4 is 71.0 Å². The predicted molar refractivity (Wildman–Crippen MR) is 223 cm³/mol. The molecular weight excluding hydrogens is 819 g/mol. The monoisotopic (exact) mass is 883 g/mol. The zero-order valence-electron chi connectivity index (χ0n) is 35.4. The van der Waals surface area contributed by atoms with Gasteiger partial charge in [0.05, 0.1) is 25.2 Å². The van der Waals surface area contributed by atoms with Gasteiger partial charge in [-0.05, 0) is 56.8 Å². The summed E-state index contributed by atoms with van der Waals surface area (Å²) >= 11 is 1.83. The van der Waals surface area contributed by atoms with Gasteiger partial charge >= 0.3 is 6.03 Å². The number of primary amides is 2. The lowest BCUT2D eigenvalue weighted by atomic mass is 9.92. The molecule has 14 N–H and O–H groups in total. The van der Waals surface area contributed by atoms with E-state index in [9.17, 15) is 47.9 Å². The fourth-order valence-electron chi connectivity index (χ4n) is 6.87. The Kier molecular flexibility index (Phi) is 22.9. The van der Waals surface area contributed by atoms with Gasteiger partial charge in [0.25, 0.3) is 0 Å². The Morgan fingerprint density at radius 3 is 2.08 bits per heavy atom. The molecule has 0 aromatic rings. The average molecular weight is 884 g/mol. The molecule has 2 aliphatic heterocycles. The van der Waals surface area contributed by atoms with Gasteiger partial charge in [0.15, 0.2) is 0 Å². The topological polar surface area (TPSA) is 351 Å². The summed E-state index contributed by atoms with van der Waals surface area (Å²) in [7, 11) is 0. The third-order valence-corrected chi connectivity index (χ3v) is 11.6. The summed E-state index contributed by atoms with van der Waals surface area (Å²) in [5.74, 6) is -6.69. The van der Waals surface area contributed by atoms with Gasteiger partial charge in [-0.15, -0.1) is 0 Å². The van der Waals surface area contributed by atoms with Crippen molar-refractivity contribution in [2.45, 2.75) is 134 Å². The maximum absolute atomic E-state index is 13.4. The van der Waals surface area contributed by atoms with Crippen molar-refractivity contribution in [3.05, 3.63) is 0 Å². The van der Waals surface area contributed by atoms with Gasteiger partial charge in [-0.3, -0.25) is 48.4 Å². The van der Waals surface area contributed by atoms with Crippen LogP contribution in [0.3, 0.4) is 0 Å². The highest BCUT2D eigenvalue weighted by atomic mass is 32.2. The number of nitrogens with two attached hydrogens (primary N) is 2. The van der Waals surface area contributed by atoms with Crippen LogP contribution in [-0.2, 0) is 43.2 Å². The highest BCUT2D eigenvalue weighted by Gasteiger charge is 2.42. The molecule has 7 atom stereocenters. The SMILES string of the molecule is CC(C)CC(CC(=O)NO)C(=O)N[C@H](C(=O)N[C@@H](CCC(N)=O)C(=O)NCC(=O)NCC(=O)N[C@@H](CCCCNC(=O)CCCC[C@@H]1SC[C@@H]2NC(=O)N[C@@H]21)C(N)=O)C(C)C. The highest BCUT2D eigenvalue weighted by Crippen LogP contribution is 2.33. The minimum atomic E-state index is -1.36. The molecule has 23 heteroatoms. The minimum absolute atomic E-state index is 0.00197. The molecule has 0 aromatic carbocycles. The van der Waals surface area contributed by atoms with Crippen LogP contribution in [0.5, 0.6) is 0 Å². The normalized spacial score (nSPS) is 18.6. The molecule has 2 saturated heterocycles. The van der Waals surface area contributed by atoms with Crippen LogP contribution in [-0.4, -0.2) is 125 Å². The molecule has 2 rings (SSSR count). The first-order chi connectivity index (χ1) is 28.8. The molecule has 0 aliphatic carbocycles. The summed E-state index contributed by atoms with van der Waals surface area (Å²) in [6, 6.07) is -3.40. The van der Waals surface area contributed by atoms with Crippen molar-refractivity contribution < 1.29 is 53.2 Å². The lowest BCUT2D eigenvalue weighted by Gasteiger charge is -2.27. The third-order valence-electron chi connectivity index (χ3n) is 10.1. The summed E-state index contributed by atoms with van der Waals surface area (Å²) in [6.07, 6.45) is 3.41. The first-order valence-electron chi connectivity index (χ1n) is 20.7. The Morgan fingerprint density at radius 1 is 0.738 bits per heavy atom. The first-order valence-corrected chi connectivity index (χ1v) is 21.8. The Bertz CT molecular complexity index is 1570. The Balaban J connectivity index is 1.76. The van der Waals surface area contributed by atoms with Crippen molar-refractivity contribution in [2.75, 3.05) is 25.4 Å². The maximum Gasteiger partial charge on any atom is 0.315 e. The number of hydrogen-bond donors (Lipinski definition) is 12. The lowest BCUT2D eigenvalue weighted by molar-refractivity contribution is -0.137. The van der Waals surface area contributed by atoms with Crippen LogP contribution in [0.4, 0.5) is 4.79 Å². The van der Waals surface area contributed by atoms with E-state index in [4.69, 9.17) is 16.7 Å². The molecule has 0 radical (unpaired) electrons. The van der Waals surface area contributed by atoms with Gasteiger partial charge in [0.2, 0.25) is 53.2 Å². The molecule has 0 bridgehead atoms. The molecule has 11 amide bonds. The number of hydroxylamine groups is 1. The molecule has 2 aliphatic rings. The number of urea groups is 1. The van der Waals surface area contributed by atoms with Gasteiger partial charge in [-0.25, -0.2) is 10.3 Å². The van der Waals surface area contributed by atoms with Gasteiger partial charge in [0, 0.05) is 42.7 Å². The van der Waals surface area contributed by atoms with E-state index in [1.54, 1.807) is 13.8 Å². The van der Waals surface area contributed by atoms with Crippen LogP contribution in [0.2, 0.25) is 0 Å². The number of nitrogens with one attached hydrogen (secondary N) is 9. The minimum Gasteiger partial charge on any atom is -0.370 e. The number of amides is 11. The fraction of sp³-hybridized carbons (Fsp3) is 0.737. The second kappa shape index (κ2) is 26.9. The standard InChI is InChI=1S/C38H65N11O11S/c1-20(2)15-22(16-29(52)49-60)35(56)47-32(21(3)4)37(58)45-24(12-13-27(39)50)36(57)43-17-30(53)42-18-31(54)44-23(34(40)55)9-7-8-14-41-28(51)11-6-5-10-26-33-25(19-61-26)46-38(59)48-33/h20-26,32-33,60H,5-19H2,1-4H3,(H2,39,50)(H2,40,55)(H,41,51)(H,42,53)(H,43,57)(H,44,54)(H,45,58)(H,47,56)(H,49,52)(H2,46,48,59)/t22?,23-,24-,25-,26-,32-,33-/m0/s1. The van der Waals surface area contributed by atoms with E-state index in [0.717, 1.165) is 25.0 Å². The molecule has 2 heterocycles. The smallest absolute Gasteiger partial charge is 0.315 e. The number of fused-ring (bicyclic) bond motifs is 1. The van der Waals surface area contributed by atoms with Gasteiger partial charge in [-0.1, -0.05) is 34.1 Å². The Morgan fingerprint density at radius 2 is 1.44 bits per heavy atom. The van der Waals surface area contributed by atoms with Crippen LogP contribution in [0.25, 0.3) is 0 Å². The van der Waals surface area contributed by atoms with E-state index in [2.05, 4.69) is 42.5 Å². The number of carbonyl (C=O) groups excluding carboxylic acids is 10. The molecule has 61 heavy (non-hydrogen) atoms. The van der Waals surface area contributed by atoms with Crippen molar-refractivity contribution in [3.63, 3.8) is 0 Å². The van der Waals surface area contributed by atoms with Crippen LogP contribution in [0, 0.1) is 17.8 Å². The highest BCUT2D eigenvalue weighted by molar-refractivity contribution is 8.00. The molecular formula is C38H65N11O11S. The molecule has 2 fully saturated rings. The van der Waals surface area contributed by atoms with E-state index in [-0.39, 0.29) is 62.0 Å². The van der Waals surface area contributed by atoms with Crippen molar-refractivity contribution in [1.82, 2.24) is 48.0 Å². The second-order valence-corrected chi connectivity index (χ2v) is 17.4. The van der Waals surface area contributed by atoms with Crippen LogP contribution < -0.4 is 59.5 Å². The average Bonchev–Trinajstić information content (AvgIpc) is 3.75. The first kappa shape index (κ1) is 51.9. The summed E-state index contributed by atoms with van der Waals surface area (Å²) in [4.78, 5) is 124. The molecule has 0 spiro atoms. The van der Waals surface area contributed by atoms with E-state index in [1.807, 2.05) is 25.6 Å². The van der Waals surface area contributed by atoms with Gasteiger partial charge < -0.3 is 54.0 Å². The number of hydrogen-bond acceptors (Lipinski definition) is 12. The predicted octanol–water partition coefficient (Wildman–Crippen LogP) is -2.35. The Labute approximate surface area is 359 Å². The van der Waals surface area contributed by atoms with Crippen molar-refractivity contribution in [3.8, 4) is 0 Å².